The average Bonchev–Trinajstić information content (AvgIpc) is 3.18. The van der Waals surface area contributed by atoms with Gasteiger partial charge in [-0.15, -0.1) is 0 Å². The summed E-state index contributed by atoms with van der Waals surface area (Å²) in [5.74, 6) is -1.42. The van der Waals surface area contributed by atoms with Crippen molar-refractivity contribution in [2.75, 3.05) is 20.3 Å². The van der Waals surface area contributed by atoms with E-state index in [4.69, 9.17) is 9.47 Å². The zero-order chi connectivity index (χ0) is 27.2. The van der Waals surface area contributed by atoms with E-state index in [-0.39, 0.29) is 23.6 Å². The van der Waals surface area contributed by atoms with Crippen LogP contribution in [0.15, 0.2) is 78.4 Å². The minimum atomic E-state index is -0.983. The normalized spacial score (nSPS) is 16.6. The van der Waals surface area contributed by atoms with Gasteiger partial charge < -0.3 is 19.5 Å². The van der Waals surface area contributed by atoms with Crippen molar-refractivity contribution in [1.29, 1.82) is 0 Å². The van der Waals surface area contributed by atoms with Crippen LogP contribution in [0.3, 0.4) is 0 Å². The first-order chi connectivity index (χ1) is 18.3. The van der Waals surface area contributed by atoms with Crippen LogP contribution in [0.1, 0.15) is 34.7 Å². The van der Waals surface area contributed by atoms with Crippen molar-refractivity contribution in [3.63, 3.8) is 0 Å². The third-order valence-corrected chi connectivity index (χ3v) is 6.47. The van der Waals surface area contributed by atoms with Crippen molar-refractivity contribution in [3.8, 4) is 5.75 Å². The Labute approximate surface area is 220 Å². The van der Waals surface area contributed by atoms with E-state index in [2.05, 4.69) is 0 Å². The summed E-state index contributed by atoms with van der Waals surface area (Å²) in [6, 6.07) is 19.2. The van der Waals surface area contributed by atoms with Gasteiger partial charge in [0.1, 0.15) is 18.1 Å². The number of methoxy groups -OCH3 is 1. The number of rotatable bonds is 10. The Kier molecular flexibility index (Phi) is 8.18. The highest BCUT2D eigenvalue weighted by Crippen LogP contribution is 2.40. The van der Waals surface area contributed by atoms with Crippen molar-refractivity contribution >= 4 is 23.1 Å². The summed E-state index contributed by atoms with van der Waals surface area (Å²) < 4.78 is 10.9. The molecule has 0 aliphatic carbocycles. The van der Waals surface area contributed by atoms with Gasteiger partial charge in [-0.3, -0.25) is 19.7 Å². The summed E-state index contributed by atoms with van der Waals surface area (Å²) >= 11 is 0. The molecule has 1 saturated heterocycles. The Morgan fingerprint density at radius 3 is 2.47 bits per heavy atom. The van der Waals surface area contributed by atoms with Gasteiger partial charge in [-0.05, 0) is 54.3 Å². The van der Waals surface area contributed by atoms with Crippen molar-refractivity contribution in [1.82, 2.24) is 4.90 Å². The summed E-state index contributed by atoms with van der Waals surface area (Å²) in [5.41, 5.74) is 2.53. The second-order valence-corrected chi connectivity index (χ2v) is 8.93. The van der Waals surface area contributed by atoms with Gasteiger partial charge >= 0.3 is 0 Å². The first-order valence-corrected chi connectivity index (χ1v) is 12.1. The lowest BCUT2D eigenvalue weighted by atomic mass is 9.95. The number of aliphatic hydroxyl groups excluding tert-OH is 1. The molecule has 196 valence electrons. The lowest BCUT2D eigenvalue weighted by molar-refractivity contribution is -0.384. The molecule has 0 aromatic heterocycles. The lowest BCUT2D eigenvalue weighted by Gasteiger charge is -2.25. The molecule has 1 atom stereocenters. The number of ether oxygens (including phenoxy) is 2. The molecule has 1 heterocycles. The number of Topliss-reactive ketones (excluding diaryl/α,β-unsaturated/α-hetero) is 1. The highest BCUT2D eigenvalue weighted by atomic mass is 16.6. The minimum absolute atomic E-state index is 0.124. The first-order valence-electron chi connectivity index (χ1n) is 12.1. The summed E-state index contributed by atoms with van der Waals surface area (Å²) in [7, 11) is 1.53. The van der Waals surface area contributed by atoms with Crippen molar-refractivity contribution in [2.24, 2.45) is 0 Å². The van der Waals surface area contributed by atoms with Gasteiger partial charge in [0.15, 0.2) is 0 Å². The third-order valence-electron chi connectivity index (χ3n) is 6.47. The highest BCUT2D eigenvalue weighted by molar-refractivity contribution is 6.46. The van der Waals surface area contributed by atoms with Crippen LogP contribution in [-0.2, 0) is 20.9 Å². The lowest BCUT2D eigenvalue weighted by Crippen LogP contribution is -2.31. The fraction of sp³-hybridized carbons (Fsp3) is 0.241. The van der Waals surface area contributed by atoms with E-state index >= 15 is 0 Å². The van der Waals surface area contributed by atoms with E-state index in [1.807, 2.05) is 31.2 Å². The number of non-ortho nitro benzene ring substituents is 1. The molecular formula is C29H28N2O7. The van der Waals surface area contributed by atoms with E-state index in [9.17, 15) is 24.8 Å². The fourth-order valence-electron chi connectivity index (χ4n) is 4.44. The summed E-state index contributed by atoms with van der Waals surface area (Å²) in [4.78, 5) is 38.3. The van der Waals surface area contributed by atoms with Crippen molar-refractivity contribution in [3.05, 3.63) is 111 Å². The van der Waals surface area contributed by atoms with Crippen LogP contribution in [0, 0.1) is 17.0 Å². The van der Waals surface area contributed by atoms with Crippen LogP contribution in [0.5, 0.6) is 5.75 Å². The van der Waals surface area contributed by atoms with Gasteiger partial charge in [0.2, 0.25) is 0 Å². The fourth-order valence-corrected chi connectivity index (χ4v) is 4.44. The second kappa shape index (κ2) is 11.7. The number of nitro groups is 1. The number of benzene rings is 3. The molecule has 1 unspecified atom stereocenters. The summed E-state index contributed by atoms with van der Waals surface area (Å²) in [5, 5.41) is 22.6. The Morgan fingerprint density at radius 1 is 1.05 bits per heavy atom. The Bertz CT molecular complexity index is 1380. The van der Waals surface area contributed by atoms with Gasteiger partial charge in [0, 0.05) is 38.0 Å². The number of carbonyl (C=O) groups is 2. The molecular weight excluding hydrogens is 488 g/mol. The van der Waals surface area contributed by atoms with Gasteiger partial charge in [0.25, 0.3) is 17.4 Å². The molecule has 3 aromatic rings. The minimum Gasteiger partial charge on any atom is -0.507 e. The number of carbonyl (C=O) groups excluding carboxylic acids is 2. The summed E-state index contributed by atoms with van der Waals surface area (Å²) in [6.45, 7) is 2.91. The SMILES string of the molecule is COCCCN1C(=O)C(=O)C(=C(O)c2ccc(OCc3ccccc3C)cc2)C1c1cccc([N+](=O)[O-])c1. The number of aliphatic hydroxyl groups is 1. The number of aryl methyl sites for hydroxylation is 1. The number of hydrogen-bond acceptors (Lipinski definition) is 7. The number of ketones is 1. The predicted molar refractivity (Wildman–Crippen MR) is 141 cm³/mol. The van der Waals surface area contributed by atoms with Crippen LogP contribution in [0.4, 0.5) is 5.69 Å². The molecule has 1 amide bonds. The number of likely N-dealkylation sites (tertiary alicyclic amines) is 1. The number of hydrogen-bond donors (Lipinski definition) is 1. The molecule has 9 nitrogen and oxygen atoms in total. The number of amides is 1. The van der Waals surface area contributed by atoms with E-state index < -0.39 is 22.7 Å². The molecule has 38 heavy (non-hydrogen) atoms. The van der Waals surface area contributed by atoms with Crippen LogP contribution < -0.4 is 4.74 Å². The van der Waals surface area contributed by atoms with Gasteiger partial charge in [-0.1, -0.05) is 36.4 Å². The molecule has 0 bridgehead atoms. The quantitative estimate of drug-likeness (QED) is 0.101. The largest absolute Gasteiger partial charge is 0.507 e. The topological polar surface area (TPSA) is 119 Å². The van der Waals surface area contributed by atoms with Gasteiger partial charge in [-0.25, -0.2) is 0 Å². The van der Waals surface area contributed by atoms with E-state index in [1.54, 1.807) is 30.3 Å². The highest BCUT2D eigenvalue weighted by Gasteiger charge is 2.46. The second-order valence-electron chi connectivity index (χ2n) is 8.93. The Morgan fingerprint density at radius 2 is 1.79 bits per heavy atom. The zero-order valence-corrected chi connectivity index (χ0v) is 21.1. The predicted octanol–water partition coefficient (Wildman–Crippen LogP) is 4.94. The maximum Gasteiger partial charge on any atom is 0.295 e. The van der Waals surface area contributed by atoms with E-state index in [1.165, 1.54) is 30.2 Å². The summed E-state index contributed by atoms with van der Waals surface area (Å²) in [6.07, 6.45) is 0.446. The van der Waals surface area contributed by atoms with Crippen LogP contribution in [0.25, 0.3) is 5.76 Å². The monoisotopic (exact) mass is 516 g/mol. The molecule has 3 aromatic carbocycles. The van der Waals surface area contributed by atoms with Crippen LogP contribution >= 0.6 is 0 Å². The molecule has 4 rings (SSSR count). The molecule has 0 saturated carbocycles. The van der Waals surface area contributed by atoms with Crippen LogP contribution in [-0.4, -0.2) is 46.9 Å². The number of nitro benzene ring substituents is 1. The standard InChI is InChI=1S/C29H28N2O7/c1-19-7-3-4-8-22(19)18-38-24-13-11-20(12-14-24)27(32)25-26(21-9-5-10-23(17-21)31(35)36)30(15-6-16-37-2)29(34)28(25)33/h3-5,7-14,17,26,32H,6,15-16,18H2,1-2H3. The van der Waals surface area contributed by atoms with E-state index in [0.717, 1.165) is 11.1 Å². The molecule has 1 aliphatic heterocycles. The smallest absolute Gasteiger partial charge is 0.295 e. The van der Waals surface area contributed by atoms with Crippen molar-refractivity contribution < 1.29 is 29.1 Å². The average molecular weight is 517 g/mol. The molecule has 0 spiro atoms. The molecule has 0 radical (unpaired) electrons. The van der Waals surface area contributed by atoms with Crippen molar-refractivity contribution in [2.45, 2.75) is 26.0 Å². The zero-order valence-electron chi connectivity index (χ0n) is 21.1. The van der Waals surface area contributed by atoms with Gasteiger partial charge in [0.05, 0.1) is 16.5 Å². The maximum absolute atomic E-state index is 13.1. The molecule has 1 N–H and O–H groups in total. The van der Waals surface area contributed by atoms with Gasteiger partial charge in [-0.2, -0.15) is 0 Å². The maximum atomic E-state index is 13.1. The number of nitrogens with zero attached hydrogens (tertiary/aromatic N) is 2. The first kappa shape index (κ1) is 26.6. The van der Waals surface area contributed by atoms with E-state index in [0.29, 0.717) is 36.5 Å². The molecule has 9 heteroatoms. The van der Waals surface area contributed by atoms with Crippen LogP contribution in [0.2, 0.25) is 0 Å². The Hall–Kier alpha value is -4.50. The Balaban J connectivity index is 1.67. The molecule has 1 fully saturated rings. The molecule has 1 aliphatic rings. The third kappa shape index (κ3) is 5.57.